The fraction of sp³-hybridized carbons (Fsp3) is 0.444. The van der Waals surface area contributed by atoms with Gasteiger partial charge in [-0.1, -0.05) is 11.6 Å². The molecule has 1 N–H and O–H groups in total. The summed E-state index contributed by atoms with van der Waals surface area (Å²) in [5.74, 6) is -0.405. The fourth-order valence-corrected chi connectivity index (χ4v) is 1.15. The lowest BCUT2D eigenvalue weighted by Crippen LogP contribution is -2.30. The van der Waals surface area contributed by atoms with Crippen molar-refractivity contribution < 1.29 is 14.3 Å². The van der Waals surface area contributed by atoms with Crippen LogP contribution in [0, 0.1) is 0 Å². The molecule has 1 heterocycles. The van der Waals surface area contributed by atoms with Crippen molar-refractivity contribution in [3.8, 4) is 0 Å². The maximum Gasteiger partial charge on any atom is 0.330 e. The number of aromatic amines is 1. The molecule has 0 radical (unpaired) electrons. The summed E-state index contributed by atoms with van der Waals surface area (Å²) in [6.07, 6.45) is 1.18. The van der Waals surface area contributed by atoms with Crippen LogP contribution in [-0.2, 0) is 21.0 Å². The number of ether oxygens (including phenoxy) is 2. The van der Waals surface area contributed by atoms with Crippen LogP contribution in [0.15, 0.2) is 15.8 Å². The second-order valence-electron chi connectivity index (χ2n) is 3.08. The molecule has 8 heteroatoms. The highest BCUT2D eigenvalue weighted by Crippen LogP contribution is 1.95. The molecule has 1 rings (SSSR count). The Labute approximate surface area is 101 Å². The van der Waals surface area contributed by atoms with Crippen LogP contribution < -0.4 is 11.2 Å². The van der Waals surface area contributed by atoms with E-state index in [4.69, 9.17) is 16.3 Å². The summed E-state index contributed by atoms with van der Waals surface area (Å²) in [5, 5.41) is -0.104. The number of carbonyl (C=O) groups is 1. The molecule has 0 unspecified atom stereocenters. The van der Waals surface area contributed by atoms with Crippen molar-refractivity contribution in [2.75, 3.05) is 13.2 Å². The third-order valence-electron chi connectivity index (χ3n) is 1.73. The predicted molar refractivity (Wildman–Crippen MR) is 58.9 cm³/mol. The van der Waals surface area contributed by atoms with Crippen molar-refractivity contribution in [1.29, 1.82) is 0 Å². The standard InChI is InChI=1S/C9H11ClN2O5/c1-6(13)17-3-2-16-5-12-4-7(10)8(14)11-9(12)15/h4H,2-3,5H2,1H3,(H,11,14,15). The molecular weight excluding hydrogens is 252 g/mol. The smallest absolute Gasteiger partial charge is 0.330 e. The van der Waals surface area contributed by atoms with Gasteiger partial charge in [0.15, 0.2) is 0 Å². The summed E-state index contributed by atoms with van der Waals surface area (Å²) in [6, 6.07) is 0. The molecule has 0 aliphatic carbocycles. The number of hydrogen-bond donors (Lipinski definition) is 1. The van der Waals surface area contributed by atoms with Crippen molar-refractivity contribution in [3.63, 3.8) is 0 Å². The number of halogens is 1. The lowest BCUT2D eigenvalue weighted by atomic mass is 10.6. The number of nitrogens with zero attached hydrogens (tertiary/aromatic N) is 1. The van der Waals surface area contributed by atoms with Gasteiger partial charge in [0.2, 0.25) is 0 Å². The predicted octanol–water partition coefficient (Wildman–Crippen LogP) is -0.273. The maximum atomic E-state index is 11.2. The van der Waals surface area contributed by atoms with Gasteiger partial charge in [0.1, 0.15) is 18.4 Å². The summed E-state index contributed by atoms with van der Waals surface area (Å²) in [4.78, 5) is 34.6. The van der Waals surface area contributed by atoms with E-state index in [1.165, 1.54) is 13.1 Å². The third-order valence-corrected chi connectivity index (χ3v) is 2.00. The van der Waals surface area contributed by atoms with Crippen molar-refractivity contribution in [2.24, 2.45) is 0 Å². The largest absolute Gasteiger partial charge is 0.463 e. The molecule has 0 bridgehead atoms. The van der Waals surface area contributed by atoms with Crippen LogP contribution in [0.1, 0.15) is 6.92 Å². The second kappa shape index (κ2) is 6.21. The SMILES string of the molecule is CC(=O)OCCOCn1cc(Cl)c(=O)[nH]c1=O. The minimum absolute atomic E-state index is 0.0867. The van der Waals surface area contributed by atoms with Crippen LogP contribution in [0.4, 0.5) is 0 Å². The quantitative estimate of drug-likeness (QED) is 0.583. The minimum atomic E-state index is -0.646. The van der Waals surface area contributed by atoms with Crippen LogP contribution >= 0.6 is 11.6 Å². The van der Waals surface area contributed by atoms with Crippen LogP contribution in [0.25, 0.3) is 0 Å². The molecule has 1 aromatic heterocycles. The number of hydrogen-bond acceptors (Lipinski definition) is 5. The zero-order chi connectivity index (χ0) is 12.8. The van der Waals surface area contributed by atoms with Gasteiger partial charge in [0.25, 0.3) is 5.56 Å². The lowest BCUT2D eigenvalue weighted by molar-refractivity contribution is -0.142. The topological polar surface area (TPSA) is 90.4 Å². The van der Waals surface area contributed by atoms with Gasteiger partial charge in [-0.3, -0.25) is 19.1 Å². The first-order valence-corrected chi connectivity index (χ1v) is 5.09. The van der Waals surface area contributed by atoms with E-state index in [1.807, 2.05) is 4.98 Å². The molecule has 0 aliphatic rings. The van der Waals surface area contributed by atoms with E-state index in [0.29, 0.717) is 0 Å². The molecule has 0 aromatic carbocycles. The van der Waals surface area contributed by atoms with Crippen molar-refractivity contribution in [1.82, 2.24) is 9.55 Å². The van der Waals surface area contributed by atoms with E-state index in [1.54, 1.807) is 0 Å². The molecule has 0 aliphatic heterocycles. The van der Waals surface area contributed by atoms with E-state index >= 15 is 0 Å². The Hall–Kier alpha value is -1.60. The maximum absolute atomic E-state index is 11.2. The van der Waals surface area contributed by atoms with Gasteiger partial charge in [-0.15, -0.1) is 0 Å². The fourth-order valence-electron chi connectivity index (χ4n) is 0.986. The Kier molecular flexibility index (Phi) is 4.92. The molecule has 1 aromatic rings. The van der Waals surface area contributed by atoms with E-state index < -0.39 is 17.2 Å². The monoisotopic (exact) mass is 262 g/mol. The minimum Gasteiger partial charge on any atom is -0.463 e. The van der Waals surface area contributed by atoms with Crippen molar-refractivity contribution in [2.45, 2.75) is 13.7 Å². The number of esters is 1. The Morgan fingerprint density at radius 1 is 1.47 bits per heavy atom. The number of nitrogens with one attached hydrogen (secondary N) is 1. The zero-order valence-electron chi connectivity index (χ0n) is 9.07. The Balaban J connectivity index is 2.47. The van der Waals surface area contributed by atoms with E-state index in [2.05, 4.69) is 4.74 Å². The van der Waals surface area contributed by atoms with Crippen LogP contribution in [0.3, 0.4) is 0 Å². The first kappa shape index (κ1) is 13.5. The van der Waals surface area contributed by atoms with Gasteiger partial charge in [-0.05, 0) is 0 Å². The number of H-pyrrole nitrogens is 1. The second-order valence-corrected chi connectivity index (χ2v) is 3.49. The summed E-state index contributed by atoms with van der Waals surface area (Å²) in [7, 11) is 0. The number of carbonyl (C=O) groups excluding carboxylic acids is 1. The molecule has 17 heavy (non-hydrogen) atoms. The zero-order valence-corrected chi connectivity index (χ0v) is 9.82. The summed E-state index contributed by atoms with van der Waals surface area (Å²) in [6.45, 7) is 1.44. The van der Waals surface area contributed by atoms with Gasteiger partial charge in [-0.2, -0.15) is 0 Å². The molecule has 0 saturated carbocycles. The molecule has 0 atom stereocenters. The molecule has 94 valence electrons. The van der Waals surface area contributed by atoms with Gasteiger partial charge < -0.3 is 9.47 Å². The van der Waals surface area contributed by atoms with Crippen molar-refractivity contribution >= 4 is 17.6 Å². The summed E-state index contributed by atoms with van der Waals surface area (Å²) < 4.78 is 10.8. The first-order chi connectivity index (χ1) is 8.00. The average molecular weight is 263 g/mol. The van der Waals surface area contributed by atoms with E-state index in [0.717, 1.165) is 4.57 Å². The number of aromatic nitrogens is 2. The van der Waals surface area contributed by atoms with E-state index in [9.17, 15) is 14.4 Å². The molecule has 7 nitrogen and oxygen atoms in total. The van der Waals surface area contributed by atoms with Crippen LogP contribution in [0.2, 0.25) is 5.02 Å². The highest BCUT2D eigenvalue weighted by Gasteiger charge is 2.02. The van der Waals surface area contributed by atoms with E-state index in [-0.39, 0.29) is 25.0 Å². The van der Waals surface area contributed by atoms with Gasteiger partial charge >= 0.3 is 11.7 Å². The molecular formula is C9H11ClN2O5. The Morgan fingerprint density at radius 3 is 2.82 bits per heavy atom. The van der Waals surface area contributed by atoms with Gasteiger partial charge in [-0.25, -0.2) is 4.79 Å². The van der Waals surface area contributed by atoms with Crippen LogP contribution in [0.5, 0.6) is 0 Å². The van der Waals surface area contributed by atoms with Crippen LogP contribution in [-0.4, -0.2) is 28.7 Å². The highest BCUT2D eigenvalue weighted by atomic mass is 35.5. The molecule has 0 spiro atoms. The lowest BCUT2D eigenvalue weighted by Gasteiger charge is -2.06. The summed E-state index contributed by atoms with van der Waals surface area (Å²) >= 11 is 5.54. The van der Waals surface area contributed by atoms with Gasteiger partial charge in [0, 0.05) is 13.1 Å². The Bertz CT molecular complexity index is 507. The van der Waals surface area contributed by atoms with Crippen molar-refractivity contribution in [3.05, 3.63) is 32.1 Å². The molecule has 0 saturated heterocycles. The molecule has 0 amide bonds. The Morgan fingerprint density at radius 2 is 2.18 bits per heavy atom. The molecule has 0 fully saturated rings. The average Bonchev–Trinajstić information content (AvgIpc) is 2.24. The van der Waals surface area contributed by atoms with Gasteiger partial charge in [0.05, 0.1) is 6.61 Å². The normalized spacial score (nSPS) is 10.2. The summed E-state index contributed by atoms with van der Waals surface area (Å²) in [5.41, 5.74) is -1.26. The number of rotatable bonds is 5. The first-order valence-electron chi connectivity index (χ1n) is 4.71. The highest BCUT2D eigenvalue weighted by molar-refractivity contribution is 6.30. The third kappa shape index (κ3) is 4.41.